The highest BCUT2D eigenvalue weighted by atomic mass is 19.1. The van der Waals surface area contributed by atoms with Crippen molar-refractivity contribution in [3.05, 3.63) is 129 Å². The van der Waals surface area contributed by atoms with Crippen LogP contribution in [0.25, 0.3) is 33.5 Å². The zero-order chi connectivity index (χ0) is 35.6. The predicted molar refractivity (Wildman–Crippen MR) is 191 cm³/mol. The lowest BCUT2D eigenvalue weighted by Crippen LogP contribution is -2.45. The van der Waals surface area contributed by atoms with Crippen LogP contribution in [0.3, 0.4) is 0 Å². The van der Waals surface area contributed by atoms with Gasteiger partial charge in [-0.1, -0.05) is 30.3 Å². The maximum atomic E-state index is 14.6. The fourth-order valence-corrected chi connectivity index (χ4v) is 6.87. The Bertz CT molecular complexity index is 2360. The lowest BCUT2D eigenvalue weighted by Gasteiger charge is -2.30. The van der Waals surface area contributed by atoms with Crippen LogP contribution in [0.1, 0.15) is 53.3 Å². The van der Waals surface area contributed by atoms with Gasteiger partial charge in [0.1, 0.15) is 23.0 Å². The van der Waals surface area contributed by atoms with E-state index in [0.29, 0.717) is 37.0 Å². The number of aryl methyl sites for hydroxylation is 1. The number of likely N-dealkylation sites (N-methyl/N-ethyl adjacent to an activating group) is 1. The van der Waals surface area contributed by atoms with Gasteiger partial charge in [-0.15, -0.1) is 0 Å². The average Bonchev–Trinajstić information content (AvgIpc) is 3.55. The minimum atomic E-state index is -0.678. The molecule has 0 radical (unpaired) electrons. The third kappa shape index (κ3) is 7.08. The van der Waals surface area contributed by atoms with Crippen molar-refractivity contribution in [1.29, 1.82) is 0 Å². The van der Waals surface area contributed by atoms with Gasteiger partial charge in [-0.05, 0) is 92.2 Å². The second kappa shape index (κ2) is 14.4. The third-order valence-electron chi connectivity index (χ3n) is 9.42. The Morgan fingerprint density at radius 2 is 1.69 bits per heavy atom. The number of amides is 1. The number of hydrogen-bond acceptors (Lipinski definition) is 7. The van der Waals surface area contributed by atoms with Gasteiger partial charge in [0.2, 0.25) is 0 Å². The zero-order valence-electron chi connectivity index (χ0n) is 28.3. The van der Waals surface area contributed by atoms with E-state index in [2.05, 4.69) is 38.1 Å². The Hall–Kier alpha value is -5.53. The molecule has 4 aromatic heterocycles. The molecule has 51 heavy (non-hydrogen) atoms. The molecule has 0 bridgehead atoms. The summed E-state index contributed by atoms with van der Waals surface area (Å²) in [6.45, 7) is 4.41. The number of pyridine rings is 2. The summed E-state index contributed by atoms with van der Waals surface area (Å²) < 4.78 is 32.2. The predicted octanol–water partition coefficient (Wildman–Crippen LogP) is 4.67. The molecule has 6 aromatic rings. The number of imidazole rings is 1. The number of hydrogen-bond donors (Lipinski definition) is 3. The van der Waals surface area contributed by atoms with Gasteiger partial charge in [0.25, 0.3) is 11.5 Å². The smallest absolute Gasteiger partial charge is 0.337 e. The SMILES string of the molecule is CNCCNCc1ccc(-c2cc(C)cc(-n3c(=O)n([C@H]4CC[C@@H](NC(=O)c5cn6cc(F)ccc6n5)CC4)c(=O)c4cc(F)cnc43)c2)cc1. The molecule has 1 aliphatic carbocycles. The summed E-state index contributed by atoms with van der Waals surface area (Å²) in [5, 5.41) is 9.50. The van der Waals surface area contributed by atoms with Gasteiger partial charge >= 0.3 is 5.69 Å². The highest BCUT2D eigenvalue weighted by molar-refractivity contribution is 5.93. The summed E-state index contributed by atoms with van der Waals surface area (Å²) in [7, 11) is 1.92. The number of fused-ring (bicyclic) bond motifs is 2. The van der Waals surface area contributed by atoms with E-state index >= 15 is 0 Å². The van der Waals surface area contributed by atoms with Crippen LogP contribution in [-0.4, -0.2) is 55.6 Å². The first-order valence-electron chi connectivity index (χ1n) is 17.0. The van der Waals surface area contributed by atoms with Crippen molar-refractivity contribution in [2.75, 3.05) is 20.1 Å². The Labute approximate surface area is 292 Å². The molecule has 4 heterocycles. The first-order chi connectivity index (χ1) is 24.7. The molecule has 13 heteroatoms. The fourth-order valence-electron chi connectivity index (χ4n) is 6.87. The van der Waals surface area contributed by atoms with Crippen LogP contribution in [0.2, 0.25) is 0 Å². The van der Waals surface area contributed by atoms with E-state index in [1.54, 1.807) is 0 Å². The number of benzene rings is 2. The number of carbonyl (C=O) groups excluding carboxylic acids is 1. The molecule has 11 nitrogen and oxygen atoms in total. The Balaban J connectivity index is 1.16. The maximum absolute atomic E-state index is 14.6. The molecule has 2 aromatic carbocycles. The molecule has 262 valence electrons. The van der Waals surface area contributed by atoms with Crippen LogP contribution in [0, 0.1) is 18.6 Å². The Morgan fingerprint density at radius 3 is 2.45 bits per heavy atom. The summed E-state index contributed by atoms with van der Waals surface area (Å²) in [6.07, 6.45) is 5.59. The monoisotopic (exact) mass is 692 g/mol. The Morgan fingerprint density at radius 1 is 0.902 bits per heavy atom. The second-order valence-corrected chi connectivity index (χ2v) is 13.1. The van der Waals surface area contributed by atoms with Crippen molar-refractivity contribution in [2.45, 2.75) is 51.2 Å². The summed E-state index contributed by atoms with van der Waals surface area (Å²) in [5.74, 6) is -1.51. The first-order valence-corrected chi connectivity index (χ1v) is 17.0. The number of rotatable bonds is 10. The largest absolute Gasteiger partial charge is 0.348 e. The Kier molecular flexibility index (Phi) is 9.56. The number of halogens is 2. The molecular weight excluding hydrogens is 654 g/mol. The summed E-state index contributed by atoms with van der Waals surface area (Å²) in [4.78, 5) is 49.8. The topological polar surface area (TPSA) is 127 Å². The minimum Gasteiger partial charge on any atom is -0.348 e. The molecule has 7 rings (SSSR count). The van der Waals surface area contributed by atoms with E-state index in [-0.39, 0.29) is 28.7 Å². The van der Waals surface area contributed by atoms with Crippen LogP contribution >= 0.6 is 0 Å². The summed E-state index contributed by atoms with van der Waals surface area (Å²) >= 11 is 0. The first kappa shape index (κ1) is 33.9. The fraction of sp³-hybridized carbons (Fsp3) is 0.289. The molecular formula is C38H38F2N8O3. The van der Waals surface area contributed by atoms with Crippen molar-refractivity contribution in [1.82, 2.24) is 39.5 Å². The van der Waals surface area contributed by atoms with Crippen molar-refractivity contribution in [2.24, 2.45) is 0 Å². The standard InChI is InChI=1S/C38H38F2N8O3/c1-23-15-26(25-5-3-24(4-6-25)19-42-14-13-41-2)17-31(16-23)47-35-32(18-28(40)20-43-35)37(50)48(38(47)51)30-10-8-29(9-11-30)44-36(49)33-22-46-21-27(39)7-12-34(46)45-33/h3-7,12,15-18,20-22,29-30,41-42H,8-11,13-14,19H2,1-2H3,(H,44,49)/t29-,30+. The lowest BCUT2D eigenvalue weighted by molar-refractivity contribution is 0.0917. The normalized spacial score (nSPS) is 16.2. The van der Waals surface area contributed by atoms with Crippen LogP contribution in [-0.2, 0) is 6.54 Å². The van der Waals surface area contributed by atoms with Crippen molar-refractivity contribution in [3.8, 4) is 16.8 Å². The van der Waals surface area contributed by atoms with Gasteiger partial charge < -0.3 is 20.4 Å². The lowest BCUT2D eigenvalue weighted by atomic mass is 9.90. The maximum Gasteiger partial charge on any atom is 0.337 e. The van der Waals surface area contributed by atoms with Crippen LogP contribution in [0.15, 0.2) is 88.8 Å². The van der Waals surface area contributed by atoms with Gasteiger partial charge in [0.15, 0.2) is 5.65 Å². The molecule has 1 fully saturated rings. The highest BCUT2D eigenvalue weighted by Gasteiger charge is 2.29. The number of carbonyl (C=O) groups is 1. The van der Waals surface area contributed by atoms with Crippen LogP contribution in [0.5, 0.6) is 0 Å². The van der Waals surface area contributed by atoms with E-state index < -0.39 is 28.9 Å². The van der Waals surface area contributed by atoms with Gasteiger partial charge in [0, 0.05) is 44.1 Å². The third-order valence-corrected chi connectivity index (χ3v) is 9.42. The van der Waals surface area contributed by atoms with E-state index in [4.69, 9.17) is 0 Å². The van der Waals surface area contributed by atoms with Gasteiger partial charge in [-0.3, -0.25) is 14.2 Å². The quantitative estimate of drug-likeness (QED) is 0.178. The van der Waals surface area contributed by atoms with E-state index in [1.165, 1.54) is 38.1 Å². The minimum absolute atomic E-state index is 0.00601. The zero-order valence-corrected chi connectivity index (χ0v) is 28.3. The molecule has 1 saturated carbocycles. The van der Waals surface area contributed by atoms with Gasteiger partial charge in [0.05, 0.1) is 17.3 Å². The van der Waals surface area contributed by atoms with Crippen LogP contribution in [0.4, 0.5) is 8.78 Å². The molecule has 1 amide bonds. The van der Waals surface area contributed by atoms with Crippen molar-refractivity contribution in [3.63, 3.8) is 0 Å². The van der Waals surface area contributed by atoms with Crippen molar-refractivity contribution < 1.29 is 13.6 Å². The number of nitrogens with zero attached hydrogens (tertiary/aromatic N) is 5. The summed E-state index contributed by atoms with van der Waals surface area (Å²) in [6, 6.07) is 17.2. The number of nitrogens with one attached hydrogen (secondary N) is 3. The molecule has 1 aliphatic rings. The van der Waals surface area contributed by atoms with E-state index in [1.807, 2.05) is 44.3 Å². The molecule has 0 aliphatic heterocycles. The molecule has 0 atom stereocenters. The van der Waals surface area contributed by atoms with Gasteiger partial charge in [-0.25, -0.2) is 28.1 Å². The average molecular weight is 693 g/mol. The van der Waals surface area contributed by atoms with E-state index in [0.717, 1.165) is 54.2 Å². The molecule has 3 N–H and O–H groups in total. The molecule has 0 spiro atoms. The number of aromatic nitrogens is 5. The van der Waals surface area contributed by atoms with Crippen molar-refractivity contribution >= 4 is 22.6 Å². The van der Waals surface area contributed by atoms with Gasteiger partial charge in [-0.2, -0.15) is 0 Å². The highest BCUT2D eigenvalue weighted by Crippen LogP contribution is 2.29. The molecule has 0 saturated heterocycles. The second-order valence-electron chi connectivity index (χ2n) is 13.1. The van der Waals surface area contributed by atoms with E-state index in [9.17, 15) is 23.2 Å². The van der Waals surface area contributed by atoms with Crippen LogP contribution < -0.4 is 27.2 Å². The summed E-state index contributed by atoms with van der Waals surface area (Å²) in [5.41, 5.74) is 3.92. The molecule has 0 unspecified atom stereocenters.